The highest BCUT2D eigenvalue weighted by atomic mass is 16.5. The quantitative estimate of drug-likeness (QED) is 0.703. The molecule has 6 heteroatoms. The third kappa shape index (κ3) is 5.17. The van der Waals surface area contributed by atoms with E-state index >= 15 is 0 Å². The zero-order chi connectivity index (χ0) is 14.9. The van der Waals surface area contributed by atoms with Crippen molar-refractivity contribution in [1.82, 2.24) is 20.1 Å². The second kappa shape index (κ2) is 8.39. The Morgan fingerprint density at radius 1 is 1.24 bits per heavy atom. The van der Waals surface area contributed by atoms with Crippen LogP contribution >= 0.6 is 0 Å². The van der Waals surface area contributed by atoms with Crippen LogP contribution in [0.4, 0.5) is 0 Å². The molecule has 0 aromatic carbocycles. The van der Waals surface area contributed by atoms with Gasteiger partial charge in [0.25, 0.3) is 0 Å². The van der Waals surface area contributed by atoms with E-state index in [0.717, 1.165) is 36.6 Å². The fourth-order valence-electron chi connectivity index (χ4n) is 1.91. The first-order chi connectivity index (χ1) is 10.3. The van der Waals surface area contributed by atoms with Crippen LogP contribution in [-0.4, -0.2) is 41.6 Å². The molecule has 0 aliphatic carbocycles. The Morgan fingerprint density at radius 3 is 2.81 bits per heavy atom. The maximum Gasteiger partial charge on any atom is 0.137 e. The normalized spacial score (nSPS) is 10.8. The number of hydrogen-bond acceptors (Lipinski definition) is 5. The van der Waals surface area contributed by atoms with Gasteiger partial charge in [0.1, 0.15) is 5.75 Å². The van der Waals surface area contributed by atoms with Crippen molar-refractivity contribution in [2.75, 3.05) is 26.9 Å². The molecule has 114 valence electrons. The van der Waals surface area contributed by atoms with Crippen LogP contribution < -0.4 is 10.1 Å². The summed E-state index contributed by atoms with van der Waals surface area (Å²) in [6.07, 6.45) is 4.38. The first-order valence-corrected chi connectivity index (χ1v) is 7.04. The van der Waals surface area contributed by atoms with Gasteiger partial charge < -0.3 is 14.8 Å². The van der Waals surface area contributed by atoms with Crippen molar-refractivity contribution in [2.24, 2.45) is 7.05 Å². The van der Waals surface area contributed by atoms with Crippen molar-refractivity contribution in [2.45, 2.75) is 13.0 Å². The first-order valence-electron chi connectivity index (χ1n) is 7.04. The molecule has 2 aromatic rings. The second-order valence-electron chi connectivity index (χ2n) is 4.70. The molecule has 0 radical (unpaired) electrons. The molecule has 6 nitrogen and oxygen atoms in total. The van der Waals surface area contributed by atoms with Gasteiger partial charge in [-0.25, -0.2) is 0 Å². The van der Waals surface area contributed by atoms with Gasteiger partial charge in [-0.2, -0.15) is 5.10 Å². The predicted octanol–water partition coefficient (Wildman–Crippen LogP) is 1.17. The Balaban J connectivity index is 1.71. The molecular weight excluding hydrogens is 268 g/mol. The van der Waals surface area contributed by atoms with Crippen molar-refractivity contribution in [3.8, 4) is 5.75 Å². The van der Waals surface area contributed by atoms with Crippen molar-refractivity contribution in [1.29, 1.82) is 0 Å². The van der Waals surface area contributed by atoms with Gasteiger partial charge in [0, 0.05) is 45.6 Å². The van der Waals surface area contributed by atoms with Crippen LogP contribution in [0.3, 0.4) is 0 Å². The molecule has 0 saturated carbocycles. The summed E-state index contributed by atoms with van der Waals surface area (Å²) in [6.45, 7) is 2.88. The lowest BCUT2D eigenvalue weighted by molar-refractivity contribution is 0.199. The number of pyridine rings is 1. The maximum atomic E-state index is 5.69. The van der Waals surface area contributed by atoms with Gasteiger partial charge in [0.05, 0.1) is 25.1 Å². The molecule has 0 aliphatic heterocycles. The molecule has 0 amide bonds. The van der Waals surface area contributed by atoms with Crippen LogP contribution in [0.2, 0.25) is 0 Å². The SMILES string of the molecule is COCCNCc1ccc(OCCc2ccnn2C)cn1. The number of rotatable bonds is 9. The summed E-state index contributed by atoms with van der Waals surface area (Å²) in [5.41, 5.74) is 2.15. The van der Waals surface area contributed by atoms with E-state index in [4.69, 9.17) is 9.47 Å². The Hall–Kier alpha value is -1.92. The molecular formula is C15H22N4O2. The van der Waals surface area contributed by atoms with Crippen LogP contribution in [0, 0.1) is 0 Å². The van der Waals surface area contributed by atoms with E-state index in [1.165, 1.54) is 0 Å². The van der Waals surface area contributed by atoms with E-state index in [1.54, 1.807) is 19.5 Å². The maximum absolute atomic E-state index is 5.69. The average Bonchev–Trinajstić information content (AvgIpc) is 2.91. The summed E-state index contributed by atoms with van der Waals surface area (Å²) < 4.78 is 12.5. The lowest BCUT2D eigenvalue weighted by Gasteiger charge is -2.07. The summed E-state index contributed by atoms with van der Waals surface area (Å²) in [5.74, 6) is 0.790. The fraction of sp³-hybridized carbons (Fsp3) is 0.467. The number of hydrogen-bond donors (Lipinski definition) is 1. The zero-order valence-electron chi connectivity index (χ0n) is 12.6. The van der Waals surface area contributed by atoms with E-state index in [2.05, 4.69) is 15.4 Å². The summed E-state index contributed by atoms with van der Waals surface area (Å²) in [6, 6.07) is 5.92. The molecule has 0 spiro atoms. The predicted molar refractivity (Wildman–Crippen MR) is 80.2 cm³/mol. The molecule has 2 aromatic heterocycles. The van der Waals surface area contributed by atoms with Gasteiger partial charge in [-0.15, -0.1) is 0 Å². The highest BCUT2D eigenvalue weighted by Crippen LogP contribution is 2.10. The molecule has 0 bridgehead atoms. The van der Waals surface area contributed by atoms with Crippen molar-refractivity contribution >= 4 is 0 Å². The van der Waals surface area contributed by atoms with E-state index in [9.17, 15) is 0 Å². The Kier molecular flexibility index (Phi) is 6.18. The summed E-state index contributed by atoms with van der Waals surface area (Å²) in [5, 5.41) is 7.38. The van der Waals surface area contributed by atoms with E-state index < -0.39 is 0 Å². The number of methoxy groups -OCH3 is 1. The molecule has 0 unspecified atom stereocenters. The van der Waals surface area contributed by atoms with Crippen LogP contribution in [0.25, 0.3) is 0 Å². The minimum absolute atomic E-state index is 0.618. The van der Waals surface area contributed by atoms with Gasteiger partial charge in [0.15, 0.2) is 0 Å². The first kappa shape index (κ1) is 15.5. The van der Waals surface area contributed by atoms with E-state index in [-0.39, 0.29) is 0 Å². The molecule has 2 rings (SSSR count). The fourth-order valence-corrected chi connectivity index (χ4v) is 1.91. The Labute approximate surface area is 125 Å². The lowest BCUT2D eigenvalue weighted by Crippen LogP contribution is -2.19. The number of nitrogens with zero attached hydrogens (tertiary/aromatic N) is 3. The lowest BCUT2D eigenvalue weighted by atomic mass is 10.3. The number of aromatic nitrogens is 3. The summed E-state index contributed by atoms with van der Waals surface area (Å²) in [7, 11) is 3.62. The van der Waals surface area contributed by atoms with Crippen molar-refractivity contribution in [3.05, 3.63) is 42.0 Å². The van der Waals surface area contributed by atoms with E-state index in [0.29, 0.717) is 13.2 Å². The van der Waals surface area contributed by atoms with Gasteiger partial charge in [-0.05, 0) is 18.2 Å². The Bertz CT molecular complexity index is 525. The minimum Gasteiger partial charge on any atom is -0.492 e. The zero-order valence-corrected chi connectivity index (χ0v) is 12.6. The van der Waals surface area contributed by atoms with Crippen molar-refractivity contribution in [3.63, 3.8) is 0 Å². The average molecular weight is 290 g/mol. The summed E-state index contributed by atoms with van der Waals surface area (Å²) in [4.78, 5) is 4.36. The van der Waals surface area contributed by atoms with Gasteiger partial charge in [-0.3, -0.25) is 9.67 Å². The smallest absolute Gasteiger partial charge is 0.137 e. The monoisotopic (exact) mass is 290 g/mol. The van der Waals surface area contributed by atoms with Crippen molar-refractivity contribution < 1.29 is 9.47 Å². The topological polar surface area (TPSA) is 61.2 Å². The molecule has 21 heavy (non-hydrogen) atoms. The number of ether oxygens (including phenoxy) is 2. The molecule has 0 atom stereocenters. The third-order valence-electron chi connectivity index (χ3n) is 3.14. The Morgan fingerprint density at radius 2 is 2.14 bits per heavy atom. The van der Waals surface area contributed by atoms with Gasteiger partial charge in [0.2, 0.25) is 0 Å². The minimum atomic E-state index is 0.618. The molecule has 0 aliphatic rings. The number of aryl methyl sites for hydroxylation is 1. The van der Waals surface area contributed by atoms with Gasteiger partial charge in [-0.1, -0.05) is 0 Å². The molecule has 1 N–H and O–H groups in total. The second-order valence-corrected chi connectivity index (χ2v) is 4.70. The highest BCUT2D eigenvalue weighted by Gasteiger charge is 2.00. The van der Waals surface area contributed by atoms with Gasteiger partial charge >= 0.3 is 0 Å². The summed E-state index contributed by atoms with van der Waals surface area (Å²) >= 11 is 0. The van der Waals surface area contributed by atoms with Crippen LogP contribution in [-0.2, 0) is 24.8 Å². The van der Waals surface area contributed by atoms with Crippen LogP contribution in [0.15, 0.2) is 30.6 Å². The van der Waals surface area contributed by atoms with Crippen LogP contribution in [0.1, 0.15) is 11.4 Å². The van der Waals surface area contributed by atoms with Crippen LogP contribution in [0.5, 0.6) is 5.75 Å². The number of nitrogens with one attached hydrogen (secondary N) is 1. The molecule has 2 heterocycles. The largest absolute Gasteiger partial charge is 0.492 e. The van der Waals surface area contributed by atoms with E-state index in [1.807, 2.05) is 29.9 Å². The molecule has 0 fully saturated rings. The standard InChI is InChI=1S/C15H22N4O2/c1-19-14(5-7-18-19)6-9-21-15-4-3-13(17-12-15)11-16-8-10-20-2/h3-5,7,12,16H,6,8-11H2,1-2H3. The third-order valence-corrected chi connectivity index (χ3v) is 3.14. The molecule has 0 saturated heterocycles. The highest BCUT2D eigenvalue weighted by molar-refractivity contribution is 5.20.